The molecule has 0 unspecified atom stereocenters. The number of benzene rings is 1. The molecule has 19 heavy (non-hydrogen) atoms. The summed E-state index contributed by atoms with van der Waals surface area (Å²) in [4.78, 5) is 22.4. The number of halogens is 2. The highest BCUT2D eigenvalue weighted by Gasteiger charge is 2.28. The number of aliphatic carboxylic acids is 1. The Kier molecular flexibility index (Phi) is 5.03. The van der Waals surface area contributed by atoms with Crippen LogP contribution in [0.4, 0.5) is 0 Å². The van der Waals surface area contributed by atoms with Crippen LogP contribution in [-0.4, -0.2) is 29.1 Å². The van der Waals surface area contributed by atoms with Gasteiger partial charge in [0.05, 0.1) is 5.02 Å². The number of rotatable bonds is 5. The highest BCUT2D eigenvalue weighted by molar-refractivity contribution is 6.35. The Bertz CT molecular complexity index is 503. The van der Waals surface area contributed by atoms with Crippen molar-refractivity contribution in [3.8, 4) is 5.75 Å². The molecule has 0 saturated carbocycles. The zero-order chi connectivity index (χ0) is 14.6. The van der Waals surface area contributed by atoms with Gasteiger partial charge in [-0.05, 0) is 32.0 Å². The highest BCUT2D eigenvalue weighted by Crippen LogP contribution is 2.27. The molecule has 2 N–H and O–H groups in total. The van der Waals surface area contributed by atoms with Gasteiger partial charge in [-0.25, -0.2) is 4.79 Å². The number of carbonyl (C=O) groups excluding carboxylic acids is 1. The molecule has 1 aromatic rings. The van der Waals surface area contributed by atoms with Crippen LogP contribution in [0.15, 0.2) is 18.2 Å². The Hall–Kier alpha value is -1.46. The van der Waals surface area contributed by atoms with Crippen LogP contribution in [0.3, 0.4) is 0 Å². The molecule has 104 valence electrons. The van der Waals surface area contributed by atoms with Crippen molar-refractivity contribution < 1.29 is 19.4 Å². The fourth-order valence-electron chi connectivity index (χ4n) is 1.17. The summed E-state index contributed by atoms with van der Waals surface area (Å²) >= 11 is 11.6. The van der Waals surface area contributed by atoms with Crippen LogP contribution in [0.1, 0.15) is 13.8 Å². The van der Waals surface area contributed by atoms with Gasteiger partial charge in [0.1, 0.15) is 11.3 Å². The van der Waals surface area contributed by atoms with E-state index in [1.807, 2.05) is 0 Å². The van der Waals surface area contributed by atoms with E-state index in [0.717, 1.165) is 0 Å². The van der Waals surface area contributed by atoms with E-state index >= 15 is 0 Å². The third-order valence-electron chi connectivity index (χ3n) is 2.24. The lowest BCUT2D eigenvalue weighted by atomic mass is 10.1. The first-order valence-electron chi connectivity index (χ1n) is 5.34. The molecule has 1 amide bonds. The van der Waals surface area contributed by atoms with Gasteiger partial charge in [0.2, 0.25) is 0 Å². The number of carboxylic acid groups (broad SMARTS) is 1. The van der Waals surface area contributed by atoms with Crippen LogP contribution >= 0.6 is 23.2 Å². The Morgan fingerprint density at radius 3 is 2.53 bits per heavy atom. The predicted molar refractivity (Wildman–Crippen MR) is 71.8 cm³/mol. The van der Waals surface area contributed by atoms with Crippen LogP contribution < -0.4 is 10.1 Å². The van der Waals surface area contributed by atoms with Crippen molar-refractivity contribution in [3.05, 3.63) is 28.2 Å². The van der Waals surface area contributed by atoms with Gasteiger partial charge >= 0.3 is 5.97 Å². The summed E-state index contributed by atoms with van der Waals surface area (Å²) in [6, 6.07) is 4.58. The van der Waals surface area contributed by atoms with E-state index in [0.29, 0.717) is 10.8 Å². The zero-order valence-corrected chi connectivity index (χ0v) is 11.9. The van der Waals surface area contributed by atoms with Gasteiger partial charge in [0, 0.05) is 5.02 Å². The summed E-state index contributed by atoms with van der Waals surface area (Å²) in [5.74, 6) is -1.39. The van der Waals surface area contributed by atoms with Crippen molar-refractivity contribution in [1.29, 1.82) is 0 Å². The topological polar surface area (TPSA) is 75.6 Å². The quantitative estimate of drug-likeness (QED) is 0.875. The van der Waals surface area contributed by atoms with Crippen LogP contribution in [-0.2, 0) is 9.59 Å². The molecule has 0 spiro atoms. The molecule has 0 aliphatic heterocycles. The first kappa shape index (κ1) is 15.6. The molecular formula is C12H13Cl2NO4. The van der Waals surface area contributed by atoms with E-state index in [4.69, 9.17) is 33.0 Å². The molecule has 7 heteroatoms. The monoisotopic (exact) mass is 305 g/mol. The second-order valence-electron chi connectivity index (χ2n) is 4.34. The maximum atomic E-state index is 11.5. The fraction of sp³-hybridized carbons (Fsp3) is 0.333. The third-order valence-corrected chi connectivity index (χ3v) is 2.77. The molecule has 0 aliphatic rings. The fourth-order valence-corrected chi connectivity index (χ4v) is 1.64. The molecule has 0 bridgehead atoms. The maximum absolute atomic E-state index is 11.5. The summed E-state index contributed by atoms with van der Waals surface area (Å²) in [6.07, 6.45) is 0. The number of hydrogen-bond donors (Lipinski definition) is 2. The molecule has 0 radical (unpaired) electrons. The van der Waals surface area contributed by atoms with Gasteiger partial charge in [0.15, 0.2) is 6.61 Å². The summed E-state index contributed by atoms with van der Waals surface area (Å²) in [7, 11) is 0. The van der Waals surface area contributed by atoms with E-state index in [2.05, 4.69) is 5.32 Å². The van der Waals surface area contributed by atoms with E-state index in [1.165, 1.54) is 26.0 Å². The smallest absolute Gasteiger partial charge is 0.328 e. The summed E-state index contributed by atoms with van der Waals surface area (Å²) in [5.41, 5.74) is -1.36. The lowest BCUT2D eigenvalue weighted by Crippen LogP contribution is -2.51. The van der Waals surface area contributed by atoms with Crippen molar-refractivity contribution in [2.45, 2.75) is 19.4 Å². The largest absolute Gasteiger partial charge is 0.482 e. The van der Waals surface area contributed by atoms with Gasteiger partial charge in [-0.1, -0.05) is 23.2 Å². The zero-order valence-electron chi connectivity index (χ0n) is 10.4. The predicted octanol–water partition coefficient (Wildman–Crippen LogP) is 2.35. The van der Waals surface area contributed by atoms with E-state index < -0.39 is 17.4 Å². The standard InChI is InChI=1S/C12H13Cl2NO4/c1-12(2,11(17)18)15-10(16)6-19-9-4-3-7(13)5-8(9)14/h3-5H,6H2,1-2H3,(H,15,16)(H,17,18). The third kappa shape index (κ3) is 4.61. The summed E-state index contributed by atoms with van der Waals surface area (Å²) in [5, 5.41) is 11.9. The Labute approximate surface area is 120 Å². The van der Waals surface area contributed by atoms with Gasteiger partial charge in [0.25, 0.3) is 5.91 Å². The van der Waals surface area contributed by atoms with Crippen molar-refractivity contribution in [2.75, 3.05) is 6.61 Å². The molecular weight excluding hydrogens is 293 g/mol. The minimum atomic E-state index is -1.36. The SMILES string of the molecule is CC(C)(NC(=O)COc1ccc(Cl)cc1Cl)C(=O)O. The molecule has 5 nitrogen and oxygen atoms in total. The molecule has 1 rings (SSSR count). The summed E-state index contributed by atoms with van der Waals surface area (Å²) < 4.78 is 5.18. The number of carboxylic acids is 1. The molecule has 0 fully saturated rings. The Morgan fingerprint density at radius 2 is 2.00 bits per heavy atom. The van der Waals surface area contributed by atoms with E-state index in [1.54, 1.807) is 6.07 Å². The molecule has 0 aliphatic carbocycles. The minimum absolute atomic E-state index is 0.276. The second kappa shape index (κ2) is 6.12. The van der Waals surface area contributed by atoms with Crippen molar-refractivity contribution in [2.24, 2.45) is 0 Å². The van der Waals surface area contributed by atoms with Gasteiger partial charge in [-0.3, -0.25) is 4.79 Å². The van der Waals surface area contributed by atoms with Crippen LogP contribution in [0, 0.1) is 0 Å². The summed E-state index contributed by atoms with van der Waals surface area (Å²) in [6.45, 7) is 2.42. The molecule has 0 saturated heterocycles. The normalized spacial score (nSPS) is 10.9. The second-order valence-corrected chi connectivity index (χ2v) is 5.19. The van der Waals surface area contributed by atoms with E-state index in [9.17, 15) is 9.59 Å². The lowest BCUT2D eigenvalue weighted by molar-refractivity contribution is -0.146. The minimum Gasteiger partial charge on any atom is -0.482 e. The first-order chi connectivity index (χ1) is 8.72. The lowest BCUT2D eigenvalue weighted by Gasteiger charge is -2.21. The molecule has 0 heterocycles. The van der Waals surface area contributed by atoms with Crippen LogP contribution in [0.2, 0.25) is 10.0 Å². The molecule has 1 aromatic carbocycles. The van der Waals surface area contributed by atoms with E-state index in [-0.39, 0.29) is 11.6 Å². The van der Waals surface area contributed by atoms with Crippen molar-refractivity contribution in [3.63, 3.8) is 0 Å². The van der Waals surface area contributed by atoms with Gasteiger partial charge in [-0.15, -0.1) is 0 Å². The number of hydrogen-bond acceptors (Lipinski definition) is 3. The number of carbonyl (C=O) groups is 2. The average Bonchev–Trinajstić information content (AvgIpc) is 2.27. The molecule has 0 atom stereocenters. The number of ether oxygens (including phenoxy) is 1. The van der Waals surface area contributed by atoms with Crippen LogP contribution in [0.25, 0.3) is 0 Å². The Balaban J connectivity index is 2.57. The van der Waals surface area contributed by atoms with Gasteiger partial charge < -0.3 is 15.2 Å². The van der Waals surface area contributed by atoms with Crippen molar-refractivity contribution in [1.82, 2.24) is 5.32 Å². The maximum Gasteiger partial charge on any atom is 0.328 e. The molecule has 0 aromatic heterocycles. The number of nitrogens with one attached hydrogen (secondary N) is 1. The van der Waals surface area contributed by atoms with Crippen molar-refractivity contribution >= 4 is 35.1 Å². The van der Waals surface area contributed by atoms with Gasteiger partial charge in [-0.2, -0.15) is 0 Å². The Morgan fingerprint density at radius 1 is 1.37 bits per heavy atom. The van der Waals surface area contributed by atoms with Crippen LogP contribution in [0.5, 0.6) is 5.75 Å². The first-order valence-corrected chi connectivity index (χ1v) is 6.10. The number of amides is 1. The highest BCUT2D eigenvalue weighted by atomic mass is 35.5. The average molecular weight is 306 g/mol.